The molecule has 0 aliphatic carbocycles. The smallest absolute Gasteiger partial charge is 0.338 e. The quantitative estimate of drug-likeness (QED) is 0.607. The molecule has 0 amide bonds. The van der Waals surface area contributed by atoms with Crippen LogP contribution in [0.2, 0.25) is 0 Å². The molecule has 12 heteroatoms. The average molecular weight is 508 g/mol. The van der Waals surface area contributed by atoms with Gasteiger partial charge in [-0.3, -0.25) is 4.90 Å². The Morgan fingerprint density at radius 1 is 1.38 bits per heavy atom. The molecular formula is C20H23BrFN7O3. The minimum absolute atomic E-state index is 0.215. The Morgan fingerprint density at radius 3 is 2.81 bits per heavy atom. The Kier molecular flexibility index (Phi) is 6.92. The summed E-state index contributed by atoms with van der Waals surface area (Å²) in [4.78, 5) is 20.0. The summed E-state index contributed by atoms with van der Waals surface area (Å²) in [7, 11) is 0. The molecule has 1 fully saturated rings. The predicted octanol–water partition coefficient (Wildman–Crippen LogP) is 1.58. The zero-order valence-corrected chi connectivity index (χ0v) is 19.3. The Balaban J connectivity index is 1.83. The number of nitrogens with one attached hydrogen (secondary N) is 1. The molecule has 0 saturated carbocycles. The van der Waals surface area contributed by atoms with Crippen molar-refractivity contribution in [2.45, 2.75) is 19.9 Å². The lowest BCUT2D eigenvalue weighted by molar-refractivity contribution is -0.139. The highest BCUT2D eigenvalue weighted by Crippen LogP contribution is 2.36. The second-order valence-electron chi connectivity index (χ2n) is 7.29. The number of rotatable bonds is 5. The Morgan fingerprint density at radius 2 is 2.16 bits per heavy atom. The molecule has 2 aliphatic rings. The van der Waals surface area contributed by atoms with Gasteiger partial charge in [-0.1, -0.05) is 22.0 Å². The van der Waals surface area contributed by atoms with Crippen molar-refractivity contribution in [3.63, 3.8) is 0 Å². The van der Waals surface area contributed by atoms with Crippen LogP contribution in [-0.4, -0.2) is 76.5 Å². The largest absolute Gasteiger partial charge is 0.463 e. The van der Waals surface area contributed by atoms with Crippen molar-refractivity contribution in [3.05, 3.63) is 51.1 Å². The molecule has 0 spiro atoms. The van der Waals surface area contributed by atoms with E-state index in [1.807, 2.05) is 0 Å². The number of tetrazole rings is 1. The second-order valence-corrected chi connectivity index (χ2v) is 8.14. The molecule has 1 unspecified atom stereocenters. The molecule has 1 saturated heterocycles. The summed E-state index contributed by atoms with van der Waals surface area (Å²) >= 11 is 3.42. The van der Waals surface area contributed by atoms with E-state index in [1.54, 1.807) is 19.9 Å². The van der Waals surface area contributed by atoms with Crippen molar-refractivity contribution in [2.24, 2.45) is 4.99 Å². The van der Waals surface area contributed by atoms with Crippen molar-refractivity contribution >= 4 is 27.9 Å². The number of esters is 1. The lowest BCUT2D eigenvalue weighted by Crippen LogP contribution is -2.45. The third-order valence-electron chi connectivity index (χ3n) is 5.18. The first kappa shape index (κ1) is 22.5. The number of ether oxygens (including phenoxy) is 2. The van der Waals surface area contributed by atoms with E-state index in [1.165, 1.54) is 16.8 Å². The molecule has 0 bridgehead atoms. The summed E-state index contributed by atoms with van der Waals surface area (Å²) in [5.74, 6) is 0.00882. The summed E-state index contributed by atoms with van der Waals surface area (Å²) in [6.45, 7) is 6.84. The monoisotopic (exact) mass is 507 g/mol. The predicted molar refractivity (Wildman–Crippen MR) is 116 cm³/mol. The van der Waals surface area contributed by atoms with Gasteiger partial charge in [0, 0.05) is 29.8 Å². The lowest BCUT2D eigenvalue weighted by Gasteiger charge is -2.32. The fraction of sp³-hybridized carbons (Fsp3) is 0.450. The van der Waals surface area contributed by atoms with Gasteiger partial charge in [-0.2, -0.15) is 4.68 Å². The third kappa shape index (κ3) is 4.71. The Hall–Kier alpha value is -2.70. The van der Waals surface area contributed by atoms with Gasteiger partial charge in [-0.05, 0) is 42.0 Å². The van der Waals surface area contributed by atoms with E-state index < -0.39 is 17.8 Å². The van der Waals surface area contributed by atoms with E-state index in [0.29, 0.717) is 52.8 Å². The number of hydrogen-bond donors (Lipinski definition) is 1. The fourth-order valence-corrected chi connectivity index (χ4v) is 4.19. The molecule has 2 aromatic rings. The lowest BCUT2D eigenvalue weighted by atomic mass is 9.95. The maximum Gasteiger partial charge on any atom is 0.338 e. The number of morpholine rings is 1. The van der Waals surface area contributed by atoms with Crippen molar-refractivity contribution in [3.8, 4) is 0 Å². The van der Waals surface area contributed by atoms with E-state index in [4.69, 9.17) is 14.5 Å². The summed E-state index contributed by atoms with van der Waals surface area (Å²) < 4.78 is 26.6. The number of carbonyl (C=O) groups excluding carboxylic acids is 1. The number of hydrogen-bond acceptors (Lipinski definition) is 9. The highest BCUT2D eigenvalue weighted by atomic mass is 79.9. The first-order valence-electron chi connectivity index (χ1n) is 10.2. The molecule has 4 rings (SSSR count). The molecule has 2 aliphatic heterocycles. The minimum Gasteiger partial charge on any atom is -0.463 e. The molecule has 32 heavy (non-hydrogen) atoms. The number of aliphatic imine (C=N–C) groups is 1. The molecule has 10 nitrogen and oxygen atoms in total. The van der Waals surface area contributed by atoms with E-state index in [-0.39, 0.29) is 6.61 Å². The van der Waals surface area contributed by atoms with Crippen LogP contribution >= 0.6 is 15.9 Å². The van der Waals surface area contributed by atoms with Gasteiger partial charge in [0.15, 0.2) is 5.82 Å². The van der Waals surface area contributed by atoms with Crippen LogP contribution in [0, 0.1) is 12.7 Å². The molecule has 3 heterocycles. The van der Waals surface area contributed by atoms with Crippen LogP contribution in [-0.2, 0) is 14.3 Å². The van der Waals surface area contributed by atoms with Crippen molar-refractivity contribution in [1.29, 1.82) is 0 Å². The van der Waals surface area contributed by atoms with E-state index in [0.717, 1.165) is 13.1 Å². The molecule has 1 atom stereocenters. The fourth-order valence-electron chi connectivity index (χ4n) is 3.62. The van der Waals surface area contributed by atoms with Gasteiger partial charge in [0.1, 0.15) is 11.9 Å². The normalized spacial score (nSPS) is 19.5. The number of nitrogens with zero attached hydrogens (tertiary/aromatic N) is 6. The van der Waals surface area contributed by atoms with Crippen LogP contribution < -0.4 is 5.32 Å². The summed E-state index contributed by atoms with van der Waals surface area (Å²) in [5, 5.41) is 14.9. The van der Waals surface area contributed by atoms with Gasteiger partial charge in [0.25, 0.3) is 0 Å². The summed E-state index contributed by atoms with van der Waals surface area (Å²) in [6.07, 6.45) is 0. The maximum atomic E-state index is 13.8. The van der Waals surface area contributed by atoms with Gasteiger partial charge in [-0.25, -0.2) is 14.2 Å². The van der Waals surface area contributed by atoms with Crippen LogP contribution in [0.5, 0.6) is 0 Å². The van der Waals surface area contributed by atoms with Crippen LogP contribution in [0.4, 0.5) is 4.39 Å². The zero-order valence-electron chi connectivity index (χ0n) is 17.7. The Labute approximate surface area is 192 Å². The zero-order chi connectivity index (χ0) is 22.7. The SMILES string of the molecule is CCOC(=O)C1=C(CN2CCOCC2)NC(n2nnnc2C)=NC1c1ccc(F)cc1Br. The van der Waals surface area contributed by atoms with Crippen molar-refractivity contribution in [2.75, 3.05) is 39.5 Å². The van der Waals surface area contributed by atoms with Crippen molar-refractivity contribution in [1.82, 2.24) is 30.4 Å². The number of carbonyl (C=O) groups is 1. The van der Waals surface area contributed by atoms with Gasteiger partial charge < -0.3 is 14.8 Å². The van der Waals surface area contributed by atoms with E-state index >= 15 is 0 Å². The maximum absolute atomic E-state index is 13.8. The minimum atomic E-state index is -0.750. The number of aryl methyl sites for hydroxylation is 1. The van der Waals surface area contributed by atoms with Gasteiger partial charge in [0.2, 0.25) is 5.96 Å². The number of benzene rings is 1. The molecule has 1 N–H and O–H groups in total. The molecule has 0 radical (unpaired) electrons. The molecule has 1 aromatic heterocycles. The van der Waals surface area contributed by atoms with Crippen LogP contribution in [0.25, 0.3) is 0 Å². The van der Waals surface area contributed by atoms with Gasteiger partial charge >= 0.3 is 5.97 Å². The van der Waals surface area contributed by atoms with E-state index in [9.17, 15) is 9.18 Å². The highest BCUT2D eigenvalue weighted by molar-refractivity contribution is 9.10. The van der Waals surface area contributed by atoms with E-state index in [2.05, 4.69) is 41.7 Å². The third-order valence-corrected chi connectivity index (χ3v) is 5.86. The van der Waals surface area contributed by atoms with Crippen molar-refractivity contribution < 1.29 is 18.7 Å². The first-order chi connectivity index (χ1) is 15.5. The summed E-state index contributed by atoms with van der Waals surface area (Å²) in [5.41, 5.74) is 1.62. The number of aromatic nitrogens is 4. The number of halogens is 2. The highest BCUT2D eigenvalue weighted by Gasteiger charge is 2.35. The van der Waals surface area contributed by atoms with Gasteiger partial charge in [0.05, 0.1) is 25.4 Å². The Bertz CT molecular complexity index is 1070. The van der Waals surface area contributed by atoms with Crippen LogP contribution in [0.3, 0.4) is 0 Å². The standard InChI is InChI=1S/C20H23BrFN7O3/c1-3-32-19(30)17-16(11-28-6-8-31-9-7-28)23-20(29-12(2)25-26-27-29)24-18(17)14-5-4-13(22)10-15(14)21/h4-5,10,18H,3,6-9,11H2,1-2H3,(H,23,24). The van der Waals surface area contributed by atoms with Crippen LogP contribution in [0.15, 0.2) is 38.9 Å². The summed E-state index contributed by atoms with van der Waals surface area (Å²) in [6, 6.07) is 3.54. The van der Waals surface area contributed by atoms with Crippen LogP contribution in [0.1, 0.15) is 24.4 Å². The average Bonchev–Trinajstić information content (AvgIpc) is 3.20. The molecule has 1 aromatic carbocycles. The second kappa shape index (κ2) is 9.84. The molecular weight excluding hydrogens is 485 g/mol. The first-order valence-corrected chi connectivity index (χ1v) is 11.0. The molecule has 170 valence electrons. The topological polar surface area (TPSA) is 107 Å². The van der Waals surface area contributed by atoms with Gasteiger partial charge in [-0.15, -0.1) is 5.10 Å².